The molecule has 6 nitrogen and oxygen atoms in total. The van der Waals surface area contributed by atoms with Crippen LogP contribution >= 0.6 is 0 Å². The first-order chi connectivity index (χ1) is 9.17. The first kappa shape index (κ1) is 18.8. The molecular formula is C12H14CaO6S2. The van der Waals surface area contributed by atoms with E-state index in [0.717, 1.165) is 6.08 Å². The van der Waals surface area contributed by atoms with Crippen molar-refractivity contribution < 1.29 is 25.9 Å². The number of benzene rings is 1. The number of allylic oxidation sites excluding steroid dienone is 3. The summed E-state index contributed by atoms with van der Waals surface area (Å²) in [5, 5.41) is 0. The zero-order valence-electron chi connectivity index (χ0n) is 10.2. The van der Waals surface area contributed by atoms with E-state index in [1.165, 1.54) is 12.2 Å². The van der Waals surface area contributed by atoms with E-state index in [1.54, 1.807) is 30.3 Å². The molecule has 0 aliphatic heterocycles. The Hall–Kier alpha value is -0.220. The van der Waals surface area contributed by atoms with Gasteiger partial charge < -0.3 is 0 Å². The van der Waals surface area contributed by atoms with Crippen molar-refractivity contribution in [3.8, 4) is 0 Å². The summed E-state index contributed by atoms with van der Waals surface area (Å²) in [6, 6.07) is 8.50. The summed E-state index contributed by atoms with van der Waals surface area (Å²) < 4.78 is 61.6. The van der Waals surface area contributed by atoms with E-state index in [-0.39, 0.29) is 37.7 Å². The molecule has 0 atom stereocenters. The van der Waals surface area contributed by atoms with E-state index in [4.69, 9.17) is 0 Å². The van der Waals surface area contributed by atoms with Gasteiger partial charge in [-0.05, 0) is 17.2 Å². The third-order valence-electron chi connectivity index (χ3n) is 3.10. The molecule has 0 bridgehead atoms. The van der Waals surface area contributed by atoms with E-state index < -0.39 is 30.7 Å². The molecule has 9 heteroatoms. The van der Waals surface area contributed by atoms with E-state index in [0.29, 0.717) is 11.1 Å². The van der Waals surface area contributed by atoms with Crippen LogP contribution in [0.25, 0.3) is 5.57 Å². The van der Waals surface area contributed by atoms with Gasteiger partial charge in [0, 0.05) is 6.42 Å². The van der Waals surface area contributed by atoms with Gasteiger partial charge in [-0.15, -0.1) is 0 Å². The SMILES string of the molecule is O=S(=O)(O)C1(S(=O)(=O)O)C=CC=C(c2ccccc2)C1.[CaH2]. The van der Waals surface area contributed by atoms with Gasteiger partial charge in [0.25, 0.3) is 20.2 Å². The van der Waals surface area contributed by atoms with Crippen LogP contribution in [0.15, 0.2) is 48.6 Å². The van der Waals surface area contributed by atoms with Crippen molar-refractivity contribution in [3.63, 3.8) is 0 Å². The molecule has 0 unspecified atom stereocenters. The molecule has 2 N–H and O–H groups in total. The monoisotopic (exact) mass is 358 g/mol. The molecule has 0 fully saturated rings. The average molecular weight is 358 g/mol. The van der Waals surface area contributed by atoms with Crippen molar-refractivity contribution >= 4 is 63.5 Å². The Bertz CT molecular complexity index is 746. The summed E-state index contributed by atoms with van der Waals surface area (Å²) in [7, 11) is -10.1. The molecule has 0 heterocycles. The van der Waals surface area contributed by atoms with Crippen LogP contribution in [0.1, 0.15) is 12.0 Å². The Labute approximate surface area is 153 Å². The molecule has 1 aromatic carbocycles. The zero-order valence-corrected chi connectivity index (χ0v) is 11.8. The normalized spacial score (nSPS) is 17.7. The van der Waals surface area contributed by atoms with Crippen molar-refractivity contribution in [3.05, 3.63) is 54.1 Å². The van der Waals surface area contributed by atoms with Gasteiger partial charge >= 0.3 is 37.7 Å². The second-order valence-corrected chi connectivity index (χ2v) is 7.97. The Kier molecular flexibility index (Phi) is 5.82. The summed E-state index contributed by atoms with van der Waals surface area (Å²) in [6.45, 7) is 0. The third-order valence-corrected chi connectivity index (χ3v) is 6.67. The van der Waals surface area contributed by atoms with Gasteiger partial charge in [0.05, 0.1) is 0 Å². The second-order valence-electron chi connectivity index (χ2n) is 4.36. The molecule has 1 aromatic rings. The summed E-state index contributed by atoms with van der Waals surface area (Å²) in [6.07, 6.45) is 2.92. The average Bonchev–Trinajstić information content (AvgIpc) is 2.37. The van der Waals surface area contributed by atoms with Gasteiger partial charge in [0.1, 0.15) is 0 Å². The van der Waals surface area contributed by atoms with Crippen LogP contribution in [0.3, 0.4) is 0 Å². The molecule has 0 saturated carbocycles. The molecule has 0 saturated heterocycles. The Balaban J connectivity index is 0.00000220. The van der Waals surface area contributed by atoms with Gasteiger partial charge in [-0.1, -0.05) is 42.5 Å². The van der Waals surface area contributed by atoms with Crippen molar-refractivity contribution in [2.75, 3.05) is 0 Å². The summed E-state index contributed by atoms with van der Waals surface area (Å²) in [5.74, 6) is 0. The molecule has 0 aromatic heterocycles. The first-order valence-corrected chi connectivity index (χ1v) is 8.43. The maximum atomic E-state index is 11.5. The fourth-order valence-corrected chi connectivity index (χ4v) is 4.27. The van der Waals surface area contributed by atoms with Crippen LogP contribution in [0.4, 0.5) is 0 Å². The predicted octanol–water partition coefficient (Wildman–Crippen LogP) is 0.586. The van der Waals surface area contributed by atoms with Crippen LogP contribution in [0.2, 0.25) is 0 Å². The maximum absolute atomic E-state index is 11.5. The van der Waals surface area contributed by atoms with E-state index in [2.05, 4.69) is 0 Å². The van der Waals surface area contributed by atoms with Crippen LogP contribution < -0.4 is 0 Å². The van der Waals surface area contributed by atoms with Gasteiger partial charge in [0.15, 0.2) is 0 Å². The first-order valence-electron chi connectivity index (χ1n) is 5.55. The molecular weight excluding hydrogens is 344 g/mol. The molecule has 0 spiro atoms. The Morgan fingerprint density at radius 1 is 0.952 bits per heavy atom. The fraction of sp³-hybridized carbons (Fsp3) is 0.167. The molecule has 0 radical (unpaired) electrons. The summed E-state index contributed by atoms with van der Waals surface area (Å²) in [5.41, 5.74) is 0.983. The molecule has 2 rings (SSSR count). The van der Waals surface area contributed by atoms with Gasteiger partial charge in [-0.25, -0.2) is 0 Å². The summed E-state index contributed by atoms with van der Waals surface area (Å²) >= 11 is 0. The molecule has 1 aliphatic rings. The number of hydrogen-bond acceptors (Lipinski definition) is 4. The number of rotatable bonds is 3. The van der Waals surface area contributed by atoms with E-state index in [9.17, 15) is 25.9 Å². The molecule has 112 valence electrons. The molecule has 1 aliphatic carbocycles. The van der Waals surface area contributed by atoms with Crippen LogP contribution in [-0.2, 0) is 20.2 Å². The van der Waals surface area contributed by atoms with Gasteiger partial charge in [-0.2, -0.15) is 16.8 Å². The van der Waals surface area contributed by atoms with Gasteiger partial charge in [0.2, 0.25) is 4.08 Å². The number of hydrogen-bond donors (Lipinski definition) is 2. The van der Waals surface area contributed by atoms with Crippen molar-refractivity contribution in [2.45, 2.75) is 10.5 Å². The van der Waals surface area contributed by atoms with Gasteiger partial charge in [-0.3, -0.25) is 9.11 Å². The quantitative estimate of drug-likeness (QED) is 0.604. The van der Waals surface area contributed by atoms with Crippen molar-refractivity contribution in [2.24, 2.45) is 0 Å². The fourth-order valence-electron chi connectivity index (χ4n) is 2.03. The second kappa shape index (κ2) is 6.49. The zero-order chi connectivity index (χ0) is 15.0. The third kappa shape index (κ3) is 3.58. The van der Waals surface area contributed by atoms with Crippen molar-refractivity contribution in [1.82, 2.24) is 0 Å². The Morgan fingerprint density at radius 2 is 1.48 bits per heavy atom. The summed E-state index contributed by atoms with van der Waals surface area (Å²) in [4.78, 5) is 0. The molecule has 0 amide bonds. The topological polar surface area (TPSA) is 109 Å². The minimum atomic E-state index is -5.05. The van der Waals surface area contributed by atoms with E-state index in [1.807, 2.05) is 0 Å². The minimum absolute atomic E-state index is 0. The van der Waals surface area contributed by atoms with Crippen LogP contribution in [0, 0.1) is 0 Å². The Morgan fingerprint density at radius 3 is 1.95 bits per heavy atom. The predicted molar refractivity (Wildman–Crippen MR) is 82.5 cm³/mol. The standard InChI is InChI=1S/C12H12O6S2.Ca.2H/c13-19(14,15)12(20(16,17)18)8-4-7-11(9-12)10-5-2-1-3-6-10;;;/h1-8H,9H2,(H,13,14,15)(H,16,17,18);;;. The molecule has 21 heavy (non-hydrogen) atoms. The van der Waals surface area contributed by atoms with Crippen molar-refractivity contribution in [1.29, 1.82) is 0 Å². The van der Waals surface area contributed by atoms with Crippen LogP contribution in [0.5, 0.6) is 0 Å². The van der Waals surface area contributed by atoms with E-state index >= 15 is 0 Å². The van der Waals surface area contributed by atoms with Crippen LogP contribution in [-0.4, -0.2) is 67.8 Å².